The topological polar surface area (TPSA) is 33.2 Å². The highest BCUT2D eigenvalue weighted by Crippen LogP contribution is 2.28. The molecule has 2 aromatic rings. The Morgan fingerprint density at radius 2 is 2.00 bits per heavy atom. The van der Waals surface area contributed by atoms with Gasteiger partial charge in [-0.25, -0.2) is 4.98 Å². The van der Waals surface area contributed by atoms with Crippen molar-refractivity contribution in [1.82, 2.24) is 9.88 Å². The third-order valence-corrected chi connectivity index (χ3v) is 4.79. The predicted molar refractivity (Wildman–Crippen MR) is 83.8 cm³/mol. The average Bonchev–Trinajstić information content (AvgIpc) is 2.83. The van der Waals surface area contributed by atoms with E-state index in [1.165, 1.54) is 4.88 Å². The van der Waals surface area contributed by atoms with Crippen molar-refractivity contribution < 1.29 is 4.79 Å². The molecule has 20 heavy (non-hydrogen) atoms. The van der Waals surface area contributed by atoms with Gasteiger partial charge in [0.2, 0.25) is 0 Å². The fourth-order valence-corrected chi connectivity index (χ4v) is 3.20. The molecule has 2 rings (SSSR count). The first-order chi connectivity index (χ1) is 9.40. The number of carbonyl (C=O) groups is 1. The molecule has 6 heteroatoms. The summed E-state index contributed by atoms with van der Waals surface area (Å²) in [4.78, 5) is 20.4. The molecule has 0 aromatic carbocycles. The molecule has 0 bridgehead atoms. The van der Waals surface area contributed by atoms with Crippen LogP contribution in [0.4, 0.5) is 0 Å². The van der Waals surface area contributed by atoms with Gasteiger partial charge in [0.25, 0.3) is 5.91 Å². The van der Waals surface area contributed by atoms with Crippen molar-refractivity contribution in [2.75, 3.05) is 7.05 Å². The van der Waals surface area contributed by atoms with Gasteiger partial charge in [0, 0.05) is 16.8 Å². The standard InChI is InChI=1S/C14H14Cl2N2OS/c1-8-4-6-11(20-8)9(2)18(3)14(19)10-5-7-12(15)17-13(10)16/h4-7,9H,1-3H3. The minimum atomic E-state index is -0.169. The number of rotatable bonds is 3. The van der Waals surface area contributed by atoms with E-state index in [1.54, 1.807) is 35.4 Å². The molecule has 2 aromatic heterocycles. The van der Waals surface area contributed by atoms with Gasteiger partial charge < -0.3 is 4.90 Å². The van der Waals surface area contributed by atoms with Crippen LogP contribution in [0.5, 0.6) is 0 Å². The Morgan fingerprint density at radius 3 is 2.55 bits per heavy atom. The first-order valence-corrected chi connectivity index (χ1v) is 7.63. The first-order valence-electron chi connectivity index (χ1n) is 6.05. The highest BCUT2D eigenvalue weighted by Gasteiger charge is 2.22. The summed E-state index contributed by atoms with van der Waals surface area (Å²) in [6.07, 6.45) is 0. The largest absolute Gasteiger partial charge is 0.334 e. The molecule has 3 nitrogen and oxygen atoms in total. The van der Waals surface area contributed by atoms with Crippen molar-refractivity contribution in [2.24, 2.45) is 0 Å². The van der Waals surface area contributed by atoms with Gasteiger partial charge in [-0.2, -0.15) is 0 Å². The molecule has 0 N–H and O–H groups in total. The fraction of sp³-hybridized carbons (Fsp3) is 0.286. The lowest BCUT2D eigenvalue weighted by Gasteiger charge is -2.24. The molecule has 1 amide bonds. The molecule has 0 aliphatic heterocycles. The fourth-order valence-electron chi connectivity index (χ4n) is 1.81. The second kappa shape index (κ2) is 6.12. The van der Waals surface area contributed by atoms with Crippen molar-refractivity contribution in [3.63, 3.8) is 0 Å². The van der Waals surface area contributed by atoms with Crippen LogP contribution < -0.4 is 0 Å². The number of amides is 1. The van der Waals surface area contributed by atoms with Gasteiger partial charge in [0.1, 0.15) is 10.3 Å². The summed E-state index contributed by atoms with van der Waals surface area (Å²) >= 11 is 13.4. The summed E-state index contributed by atoms with van der Waals surface area (Å²) in [5.74, 6) is -0.169. The van der Waals surface area contributed by atoms with Crippen molar-refractivity contribution in [1.29, 1.82) is 0 Å². The maximum Gasteiger partial charge on any atom is 0.257 e. The zero-order valence-electron chi connectivity index (χ0n) is 11.4. The summed E-state index contributed by atoms with van der Waals surface area (Å²) in [5, 5.41) is 0.403. The van der Waals surface area contributed by atoms with Gasteiger partial charge >= 0.3 is 0 Å². The number of halogens is 2. The van der Waals surface area contributed by atoms with Gasteiger partial charge in [-0.05, 0) is 38.1 Å². The number of nitrogens with zero attached hydrogens (tertiary/aromatic N) is 2. The summed E-state index contributed by atoms with van der Waals surface area (Å²) in [5.41, 5.74) is 0.360. The van der Waals surface area contributed by atoms with E-state index < -0.39 is 0 Å². The molecule has 1 atom stereocenters. The second-order valence-electron chi connectivity index (χ2n) is 4.51. The van der Waals surface area contributed by atoms with Crippen molar-refractivity contribution in [3.05, 3.63) is 49.9 Å². The maximum atomic E-state index is 12.5. The van der Waals surface area contributed by atoms with E-state index in [-0.39, 0.29) is 22.3 Å². The zero-order chi connectivity index (χ0) is 14.9. The second-order valence-corrected chi connectivity index (χ2v) is 6.58. The van der Waals surface area contributed by atoms with Gasteiger partial charge in [0.05, 0.1) is 11.6 Å². The normalized spacial score (nSPS) is 12.2. The average molecular weight is 329 g/mol. The lowest BCUT2D eigenvalue weighted by atomic mass is 10.2. The van der Waals surface area contributed by atoms with E-state index in [9.17, 15) is 4.79 Å². The van der Waals surface area contributed by atoms with Gasteiger partial charge in [-0.1, -0.05) is 23.2 Å². The third-order valence-electron chi connectivity index (χ3n) is 3.12. The Labute approximate surface area is 132 Å². The number of aryl methyl sites for hydroxylation is 1. The summed E-state index contributed by atoms with van der Waals surface area (Å²) < 4.78 is 0. The first kappa shape index (κ1) is 15.3. The van der Waals surface area contributed by atoms with E-state index in [2.05, 4.69) is 4.98 Å². The molecular formula is C14H14Cl2N2OS. The predicted octanol–water partition coefficient (Wildman–Crippen LogP) is 4.59. The summed E-state index contributed by atoms with van der Waals surface area (Å²) in [6, 6.07) is 7.23. The quantitative estimate of drug-likeness (QED) is 0.772. The van der Waals surface area contributed by atoms with Crippen LogP contribution in [0.2, 0.25) is 10.3 Å². The number of aromatic nitrogens is 1. The number of carbonyl (C=O) groups excluding carboxylic acids is 1. The zero-order valence-corrected chi connectivity index (χ0v) is 13.7. The monoisotopic (exact) mass is 328 g/mol. The van der Waals surface area contributed by atoms with Crippen LogP contribution in [-0.4, -0.2) is 22.8 Å². The molecule has 106 valence electrons. The van der Waals surface area contributed by atoms with E-state index in [0.717, 1.165) is 4.88 Å². The molecule has 0 spiro atoms. The van der Waals surface area contributed by atoms with Gasteiger partial charge in [0.15, 0.2) is 0 Å². The number of hydrogen-bond donors (Lipinski definition) is 0. The van der Waals surface area contributed by atoms with Gasteiger partial charge in [-0.15, -0.1) is 11.3 Å². The maximum absolute atomic E-state index is 12.5. The Hall–Kier alpha value is -1.10. The molecule has 0 aliphatic rings. The lowest BCUT2D eigenvalue weighted by molar-refractivity contribution is 0.0744. The van der Waals surface area contributed by atoms with Crippen LogP contribution in [-0.2, 0) is 0 Å². The third kappa shape index (κ3) is 3.14. The Bertz CT molecular complexity index is 642. The Balaban J connectivity index is 2.24. The summed E-state index contributed by atoms with van der Waals surface area (Å²) in [7, 11) is 1.76. The van der Waals surface area contributed by atoms with Crippen LogP contribution >= 0.6 is 34.5 Å². The lowest BCUT2D eigenvalue weighted by Crippen LogP contribution is -2.29. The minimum absolute atomic E-state index is 0.0204. The van der Waals surface area contributed by atoms with Crippen molar-refractivity contribution >= 4 is 40.4 Å². The van der Waals surface area contributed by atoms with Gasteiger partial charge in [-0.3, -0.25) is 4.79 Å². The molecule has 0 radical (unpaired) electrons. The molecule has 1 unspecified atom stereocenters. The van der Waals surface area contributed by atoms with E-state index in [1.807, 2.05) is 26.0 Å². The minimum Gasteiger partial charge on any atom is -0.334 e. The smallest absolute Gasteiger partial charge is 0.257 e. The highest BCUT2D eigenvalue weighted by molar-refractivity contribution is 7.12. The Morgan fingerprint density at radius 1 is 1.30 bits per heavy atom. The van der Waals surface area contributed by atoms with Crippen LogP contribution in [0.25, 0.3) is 0 Å². The molecule has 0 aliphatic carbocycles. The Kier molecular flexibility index (Phi) is 4.68. The number of thiophene rings is 1. The molecule has 0 saturated heterocycles. The number of pyridine rings is 1. The SMILES string of the molecule is Cc1ccc(C(C)N(C)C(=O)c2ccc(Cl)nc2Cl)s1. The van der Waals surface area contributed by atoms with E-state index in [0.29, 0.717) is 5.56 Å². The van der Waals surface area contributed by atoms with Crippen molar-refractivity contribution in [2.45, 2.75) is 19.9 Å². The van der Waals surface area contributed by atoms with Crippen LogP contribution in [0.3, 0.4) is 0 Å². The molecule has 0 saturated carbocycles. The molecule has 2 heterocycles. The molecule has 0 fully saturated rings. The summed E-state index contributed by atoms with van der Waals surface area (Å²) in [6.45, 7) is 4.03. The number of hydrogen-bond acceptors (Lipinski definition) is 3. The van der Waals surface area contributed by atoms with Crippen LogP contribution in [0, 0.1) is 6.92 Å². The highest BCUT2D eigenvalue weighted by atomic mass is 35.5. The van der Waals surface area contributed by atoms with E-state index in [4.69, 9.17) is 23.2 Å². The van der Waals surface area contributed by atoms with E-state index >= 15 is 0 Å². The molecular weight excluding hydrogens is 315 g/mol. The van der Waals surface area contributed by atoms with Crippen LogP contribution in [0.15, 0.2) is 24.3 Å². The van der Waals surface area contributed by atoms with Crippen LogP contribution in [0.1, 0.15) is 33.1 Å². The van der Waals surface area contributed by atoms with Crippen molar-refractivity contribution in [3.8, 4) is 0 Å².